The molecular weight excluding hydrogens is 347 g/mol. The molecule has 2 heterocycles. The third-order valence-corrected chi connectivity index (χ3v) is 5.23. The first kappa shape index (κ1) is 17.8. The number of methoxy groups -OCH3 is 1. The van der Waals surface area contributed by atoms with Gasteiger partial charge in [0, 0.05) is 45.2 Å². The van der Waals surface area contributed by atoms with E-state index in [2.05, 4.69) is 17.0 Å². The van der Waals surface area contributed by atoms with Crippen LogP contribution in [0.3, 0.4) is 0 Å². The maximum atomic E-state index is 14.2. The van der Waals surface area contributed by atoms with Crippen LogP contribution in [0.1, 0.15) is 21.5 Å². The van der Waals surface area contributed by atoms with Crippen molar-refractivity contribution in [3.8, 4) is 11.5 Å². The number of carbonyl (C=O) groups is 1. The number of halogens is 1. The van der Waals surface area contributed by atoms with Gasteiger partial charge >= 0.3 is 0 Å². The molecule has 0 atom stereocenters. The summed E-state index contributed by atoms with van der Waals surface area (Å²) in [5.74, 6) is 0.607. The van der Waals surface area contributed by atoms with E-state index in [0.717, 1.165) is 38.4 Å². The van der Waals surface area contributed by atoms with Crippen molar-refractivity contribution in [2.45, 2.75) is 13.0 Å². The summed E-state index contributed by atoms with van der Waals surface area (Å²) >= 11 is 0. The molecule has 2 aromatic rings. The number of fused-ring (bicyclic) bond motifs is 1. The van der Waals surface area contributed by atoms with Crippen molar-refractivity contribution in [3.63, 3.8) is 0 Å². The predicted molar refractivity (Wildman–Crippen MR) is 99.8 cm³/mol. The lowest BCUT2D eigenvalue weighted by Gasteiger charge is -2.35. The summed E-state index contributed by atoms with van der Waals surface area (Å²) in [6.07, 6.45) is 0.971. The van der Waals surface area contributed by atoms with E-state index < -0.39 is 5.82 Å². The first-order valence-electron chi connectivity index (χ1n) is 9.24. The number of nitrogens with zero attached hydrogens (tertiary/aromatic N) is 2. The Bertz CT molecular complexity index is 847. The van der Waals surface area contributed by atoms with Gasteiger partial charge < -0.3 is 14.4 Å². The molecule has 27 heavy (non-hydrogen) atoms. The maximum Gasteiger partial charge on any atom is 0.256 e. The van der Waals surface area contributed by atoms with Crippen molar-refractivity contribution in [3.05, 3.63) is 58.9 Å². The molecule has 0 N–H and O–H groups in total. The van der Waals surface area contributed by atoms with Crippen molar-refractivity contribution < 1.29 is 18.7 Å². The summed E-state index contributed by atoms with van der Waals surface area (Å²) in [5, 5.41) is 0. The molecule has 6 heteroatoms. The molecule has 0 aromatic heterocycles. The Balaban J connectivity index is 1.35. The fraction of sp³-hybridized carbons (Fsp3) is 0.381. The zero-order chi connectivity index (χ0) is 18.8. The van der Waals surface area contributed by atoms with E-state index in [1.54, 1.807) is 11.0 Å². The summed E-state index contributed by atoms with van der Waals surface area (Å²) in [4.78, 5) is 16.7. The molecule has 0 saturated carbocycles. The minimum atomic E-state index is -0.540. The quantitative estimate of drug-likeness (QED) is 0.830. The van der Waals surface area contributed by atoms with Crippen LogP contribution in [0.25, 0.3) is 0 Å². The van der Waals surface area contributed by atoms with Crippen molar-refractivity contribution in [2.75, 3.05) is 39.9 Å². The number of amides is 1. The van der Waals surface area contributed by atoms with Crippen LogP contribution in [-0.2, 0) is 13.0 Å². The highest BCUT2D eigenvalue weighted by molar-refractivity contribution is 5.94. The van der Waals surface area contributed by atoms with Crippen molar-refractivity contribution in [1.29, 1.82) is 0 Å². The first-order valence-corrected chi connectivity index (χ1v) is 9.24. The van der Waals surface area contributed by atoms with E-state index in [-0.39, 0.29) is 11.5 Å². The van der Waals surface area contributed by atoms with Gasteiger partial charge in [-0.1, -0.05) is 12.1 Å². The zero-order valence-corrected chi connectivity index (χ0v) is 15.4. The Morgan fingerprint density at radius 3 is 2.70 bits per heavy atom. The minimum Gasteiger partial charge on any atom is -0.497 e. The maximum absolute atomic E-state index is 14.2. The number of hydrogen-bond donors (Lipinski definition) is 0. The summed E-state index contributed by atoms with van der Waals surface area (Å²) in [6, 6.07) is 10.7. The summed E-state index contributed by atoms with van der Waals surface area (Å²) in [7, 11) is 1.48. The first-order chi connectivity index (χ1) is 13.1. The fourth-order valence-corrected chi connectivity index (χ4v) is 3.67. The van der Waals surface area contributed by atoms with E-state index in [4.69, 9.17) is 9.47 Å². The van der Waals surface area contributed by atoms with E-state index in [1.165, 1.54) is 30.4 Å². The van der Waals surface area contributed by atoms with Gasteiger partial charge in [0.25, 0.3) is 5.91 Å². The number of rotatable bonds is 4. The average Bonchev–Trinajstić information content (AvgIpc) is 3.16. The van der Waals surface area contributed by atoms with Crippen LogP contribution in [0.4, 0.5) is 4.39 Å². The second-order valence-electron chi connectivity index (χ2n) is 6.95. The molecule has 2 aromatic carbocycles. The smallest absolute Gasteiger partial charge is 0.256 e. The Hall–Kier alpha value is -2.60. The van der Waals surface area contributed by atoms with E-state index in [9.17, 15) is 9.18 Å². The van der Waals surface area contributed by atoms with Crippen molar-refractivity contribution in [2.24, 2.45) is 0 Å². The minimum absolute atomic E-state index is 0.0999. The Labute approximate surface area is 158 Å². The highest BCUT2D eigenvalue weighted by Gasteiger charge is 2.24. The molecule has 5 nitrogen and oxygen atoms in total. The van der Waals surface area contributed by atoms with Crippen LogP contribution >= 0.6 is 0 Å². The SMILES string of the molecule is COc1ccc(C(=O)N2CCN(Cc3ccc4c(c3)CCO4)CC2)c(F)c1. The second kappa shape index (κ2) is 7.56. The van der Waals surface area contributed by atoms with Crippen LogP contribution < -0.4 is 9.47 Å². The van der Waals surface area contributed by atoms with Crippen LogP contribution in [0.2, 0.25) is 0 Å². The van der Waals surface area contributed by atoms with Crippen molar-refractivity contribution >= 4 is 5.91 Å². The lowest BCUT2D eigenvalue weighted by molar-refractivity contribution is 0.0624. The lowest BCUT2D eigenvalue weighted by Crippen LogP contribution is -2.48. The molecule has 2 aliphatic heterocycles. The largest absolute Gasteiger partial charge is 0.497 e. The molecule has 2 aliphatic rings. The Kier molecular flexibility index (Phi) is 4.99. The molecule has 0 radical (unpaired) electrons. The number of carbonyl (C=O) groups excluding carboxylic acids is 1. The number of piperazine rings is 1. The third-order valence-electron chi connectivity index (χ3n) is 5.23. The van der Waals surface area contributed by atoms with E-state index in [0.29, 0.717) is 18.8 Å². The molecule has 0 unspecified atom stereocenters. The number of benzene rings is 2. The van der Waals surface area contributed by atoms with Gasteiger partial charge in [-0.15, -0.1) is 0 Å². The van der Waals surface area contributed by atoms with Gasteiger partial charge in [-0.05, 0) is 29.3 Å². The molecule has 1 saturated heterocycles. The average molecular weight is 370 g/mol. The van der Waals surface area contributed by atoms with Crippen LogP contribution in [0.15, 0.2) is 36.4 Å². The second-order valence-corrected chi connectivity index (χ2v) is 6.95. The van der Waals surface area contributed by atoms with E-state index >= 15 is 0 Å². The van der Waals surface area contributed by atoms with Gasteiger partial charge in [0.1, 0.15) is 17.3 Å². The van der Waals surface area contributed by atoms with Gasteiger partial charge in [-0.3, -0.25) is 9.69 Å². The predicted octanol–water partition coefficient (Wildman–Crippen LogP) is 2.73. The molecule has 0 bridgehead atoms. The lowest BCUT2D eigenvalue weighted by atomic mass is 10.1. The monoisotopic (exact) mass is 370 g/mol. The molecule has 1 fully saturated rings. The standard InChI is InChI=1S/C21H23FN2O3/c1-26-17-3-4-18(19(22)13-17)21(25)24-9-7-23(8-10-24)14-15-2-5-20-16(12-15)6-11-27-20/h2-5,12-13H,6-11,14H2,1H3. The Morgan fingerprint density at radius 2 is 1.96 bits per heavy atom. The van der Waals surface area contributed by atoms with Crippen LogP contribution in [-0.4, -0.2) is 55.6 Å². The zero-order valence-electron chi connectivity index (χ0n) is 15.4. The number of hydrogen-bond acceptors (Lipinski definition) is 4. The molecule has 142 valence electrons. The summed E-state index contributed by atoms with van der Waals surface area (Å²) < 4.78 is 24.7. The van der Waals surface area contributed by atoms with Gasteiger partial charge in [0.2, 0.25) is 0 Å². The molecule has 0 aliphatic carbocycles. The molecular formula is C21H23FN2O3. The van der Waals surface area contributed by atoms with Crippen LogP contribution in [0, 0.1) is 5.82 Å². The molecule has 1 amide bonds. The Morgan fingerprint density at radius 1 is 1.15 bits per heavy atom. The molecule has 0 spiro atoms. The van der Waals surface area contributed by atoms with Gasteiger partial charge in [0.05, 0.1) is 19.3 Å². The van der Waals surface area contributed by atoms with E-state index in [1.807, 2.05) is 6.07 Å². The number of ether oxygens (including phenoxy) is 2. The topological polar surface area (TPSA) is 42.0 Å². The van der Waals surface area contributed by atoms with Crippen LogP contribution in [0.5, 0.6) is 11.5 Å². The van der Waals surface area contributed by atoms with Crippen molar-refractivity contribution in [1.82, 2.24) is 9.80 Å². The summed E-state index contributed by atoms with van der Waals surface area (Å²) in [6.45, 7) is 4.36. The third kappa shape index (κ3) is 3.76. The fourth-order valence-electron chi connectivity index (χ4n) is 3.67. The van der Waals surface area contributed by atoms with Gasteiger partial charge in [-0.2, -0.15) is 0 Å². The summed E-state index contributed by atoms with van der Waals surface area (Å²) in [5.41, 5.74) is 2.64. The highest BCUT2D eigenvalue weighted by atomic mass is 19.1. The normalized spacial score (nSPS) is 16.7. The highest BCUT2D eigenvalue weighted by Crippen LogP contribution is 2.26. The molecule has 4 rings (SSSR count). The van der Waals surface area contributed by atoms with Gasteiger partial charge in [0.15, 0.2) is 0 Å². The van der Waals surface area contributed by atoms with Gasteiger partial charge in [-0.25, -0.2) is 4.39 Å².